The van der Waals surface area contributed by atoms with Crippen molar-refractivity contribution < 1.29 is 5.11 Å². The van der Waals surface area contributed by atoms with E-state index in [-0.39, 0.29) is 12.6 Å². The van der Waals surface area contributed by atoms with Crippen molar-refractivity contribution in [2.75, 3.05) is 13.2 Å². The smallest absolute Gasteiger partial charge is 0.0581 e. The molecule has 13 heavy (non-hydrogen) atoms. The highest BCUT2D eigenvalue weighted by Gasteiger charge is 2.24. The third kappa shape index (κ3) is 4.10. The van der Waals surface area contributed by atoms with Gasteiger partial charge in [-0.2, -0.15) is 0 Å². The average Bonchev–Trinajstić information content (AvgIpc) is 2.08. The van der Waals surface area contributed by atoms with E-state index in [0.717, 1.165) is 18.4 Å². The minimum absolute atomic E-state index is 0.250. The molecule has 0 aromatic rings. The highest BCUT2D eigenvalue weighted by Crippen LogP contribution is 2.35. The van der Waals surface area contributed by atoms with Crippen molar-refractivity contribution in [3.8, 4) is 0 Å². The highest BCUT2D eigenvalue weighted by molar-refractivity contribution is 4.76. The summed E-state index contributed by atoms with van der Waals surface area (Å²) in [6.45, 7) is 5.67. The van der Waals surface area contributed by atoms with Crippen LogP contribution in [0.5, 0.6) is 0 Å². The van der Waals surface area contributed by atoms with Crippen LogP contribution in [0.2, 0.25) is 0 Å². The molecule has 1 aliphatic rings. The van der Waals surface area contributed by atoms with Crippen LogP contribution in [-0.2, 0) is 0 Å². The molecule has 2 heteroatoms. The molecular weight excluding hydrogens is 162 g/mol. The van der Waals surface area contributed by atoms with Crippen LogP contribution in [0.1, 0.15) is 39.5 Å². The SMILES string of the molecule is CC1CC(CCCN[C@H](C)CO)C1. The molecule has 0 aromatic heterocycles. The average molecular weight is 185 g/mol. The third-order valence-corrected chi connectivity index (χ3v) is 3.03. The van der Waals surface area contributed by atoms with Crippen LogP contribution >= 0.6 is 0 Å². The van der Waals surface area contributed by atoms with Crippen molar-refractivity contribution in [1.82, 2.24) is 5.32 Å². The van der Waals surface area contributed by atoms with Gasteiger partial charge in [0.25, 0.3) is 0 Å². The first-order valence-electron chi connectivity index (χ1n) is 5.56. The van der Waals surface area contributed by atoms with Gasteiger partial charge >= 0.3 is 0 Å². The summed E-state index contributed by atoms with van der Waals surface area (Å²) >= 11 is 0. The molecule has 0 radical (unpaired) electrons. The minimum atomic E-state index is 0.250. The molecule has 0 saturated heterocycles. The van der Waals surface area contributed by atoms with Gasteiger partial charge in [0.2, 0.25) is 0 Å². The van der Waals surface area contributed by atoms with Crippen molar-refractivity contribution in [3.05, 3.63) is 0 Å². The van der Waals surface area contributed by atoms with Crippen LogP contribution in [0.3, 0.4) is 0 Å². The molecule has 1 rings (SSSR count). The Morgan fingerprint density at radius 3 is 2.69 bits per heavy atom. The van der Waals surface area contributed by atoms with Crippen molar-refractivity contribution in [2.45, 2.75) is 45.6 Å². The molecule has 1 saturated carbocycles. The quantitative estimate of drug-likeness (QED) is 0.618. The Morgan fingerprint density at radius 1 is 1.46 bits per heavy atom. The first-order chi connectivity index (χ1) is 6.22. The van der Waals surface area contributed by atoms with Gasteiger partial charge < -0.3 is 10.4 Å². The maximum atomic E-state index is 8.77. The number of nitrogens with one attached hydrogen (secondary N) is 1. The van der Waals surface area contributed by atoms with E-state index in [1.165, 1.54) is 25.7 Å². The molecule has 78 valence electrons. The largest absolute Gasteiger partial charge is 0.395 e. The topological polar surface area (TPSA) is 32.3 Å². The first-order valence-corrected chi connectivity index (χ1v) is 5.56. The summed E-state index contributed by atoms with van der Waals surface area (Å²) in [5, 5.41) is 12.1. The molecule has 0 unspecified atom stereocenters. The molecular formula is C11H23NO. The fourth-order valence-corrected chi connectivity index (χ4v) is 2.11. The van der Waals surface area contributed by atoms with E-state index in [4.69, 9.17) is 5.11 Å². The van der Waals surface area contributed by atoms with Crippen LogP contribution in [-0.4, -0.2) is 24.3 Å². The number of hydrogen-bond donors (Lipinski definition) is 2. The van der Waals surface area contributed by atoms with E-state index in [0.29, 0.717) is 0 Å². The van der Waals surface area contributed by atoms with E-state index < -0.39 is 0 Å². The van der Waals surface area contributed by atoms with E-state index in [1.54, 1.807) is 0 Å². The molecule has 0 bridgehead atoms. The van der Waals surface area contributed by atoms with Gasteiger partial charge in [0, 0.05) is 6.04 Å². The van der Waals surface area contributed by atoms with Crippen LogP contribution in [0.25, 0.3) is 0 Å². The third-order valence-electron chi connectivity index (χ3n) is 3.03. The fourth-order valence-electron chi connectivity index (χ4n) is 2.11. The fraction of sp³-hybridized carbons (Fsp3) is 1.00. The summed E-state index contributed by atoms with van der Waals surface area (Å²) in [5.74, 6) is 1.98. The predicted molar refractivity (Wildman–Crippen MR) is 55.7 cm³/mol. The minimum Gasteiger partial charge on any atom is -0.395 e. The van der Waals surface area contributed by atoms with E-state index in [1.807, 2.05) is 6.92 Å². The van der Waals surface area contributed by atoms with Gasteiger partial charge in [0.15, 0.2) is 0 Å². The molecule has 1 fully saturated rings. The summed E-state index contributed by atoms with van der Waals surface area (Å²) < 4.78 is 0. The highest BCUT2D eigenvalue weighted by atomic mass is 16.3. The van der Waals surface area contributed by atoms with E-state index in [9.17, 15) is 0 Å². The van der Waals surface area contributed by atoms with Gasteiger partial charge in [-0.1, -0.05) is 6.92 Å². The standard InChI is InChI=1S/C11H23NO/c1-9-6-11(7-9)4-3-5-12-10(2)8-13/h9-13H,3-8H2,1-2H3/t9?,10-,11?/m1/s1. The van der Waals surface area contributed by atoms with Crippen molar-refractivity contribution in [1.29, 1.82) is 0 Å². The Hall–Kier alpha value is -0.0800. The summed E-state index contributed by atoms with van der Waals surface area (Å²) in [7, 11) is 0. The van der Waals surface area contributed by atoms with Crippen molar-refractivity contribution >= 4 is 0 Å². The Bertz CT molecular complexity index is 132. The number of aliphatic hydroxyl groups excluding tert-OH is 1. The van der Waals surface area contributed by atoms with Crippen LogP contribution in [0, 0.1) is 11.8 Å². The first kappa shape index (κ1) is 11.0. The Kier molecular flexibility index (Phi) is 4.74. The van der Waals surface area contributed by atoms with Crippen LogP contribution in [0.15, 0.2) is 0 Å². The van der Waals surface area contributed by atoms with Gasteiger partial charge in [0.1, 0.15) is 0 Å². The lowest BCUT2D eigenvalue weighted by atomic mass is 9.74. The normalized spacial score (nSPS) is 29.8. The van der Waals surface area contributed by atoms with E-state index in [2.05, 4.69) is 12.2 Å². The van der Waals surface area contributed by atoms with Crippen molar-refractivity contribution in [2.24, 2.45) is 11.8 Å². The Labute approximate surface area is 81.7 Å². The summed E-state index contributed by atoms with van der Waals surface area (Å²) in [6.07, 6.45) is 5.52. The zero-order chi connectivity index (χ0) is 9.68. The monoisotopic (exact) mass is 185 g/mol. The molecule has 2 nitrogen and oxygen atoms in total. The van der Waals surface area contributed by atoms with Gasteiger partial charge in [-0.05, 0) is 51.0 Å². The summed E-state index contributed by atoms with van der Waals surface area (Å²) in [5.41, 5.74) is 0. The zero-order valence-electron chi connectivity index (χ0n) is 8.92. The lowest BCUT2D eigenvalue weighted by Gasteiger charge is -2.32. The second-order valence-electron chi connectivity index (χ2n) is 4.62. The molecule has 0 aliphatic heterocycles. The maximum absolute atomic E-state index is 8.77. The molecule has 1 aliphatic carbocycles. The molecule has 2 N–H and O–H groups in total. The molecule has 0 amide bonds. The second kappa shape index (κ2) is 5.61. The number of rotatable bonds is 6. The second-order valence-corrected chi connectivity index (χ2v) is 4.62. The molecule has 0 spiro atoms. The Balaban J connectivity index is 1.84. The van der Waals surface area contributed by atoms with Crippen LogP contribution < -0.4 is 5.32 Å². The van der Waals surface area contributed by atoms with Gasteiger partial charge in [0.05, 0.1) is 6.61 Å². The van der Waals surface area contributed by atoms with Crippen LogP contribution in [0.4, 0.5) is 0 Å². The summed E-state index contributed by atoms with van der Waals surface area (Å²) in [4.78, 5) is 0. The molecule has 0 aromatic carbocycles. The maximum Gasteiger partial charge on any atom is 0.0581 e. The predicted octanol–water partition coefficient (Wildman–Crippen LogP) is 1.78. The number of hydrogen-bond acceptors (Lipinski definition) is 2. The van der Waals surface area contributed by atoms with Gasteiger partial charge in [-0.15, -0.1) is 0 Å². The summed E-state index contributed by atoms with van der Waals surface area (Å²) in [6, 6.07) is 0.264. The lowest BCUT2D eigenvalue weighted by Crippen LogP contribution is -2.31. The number of aliphatic hydroxyl groups is 1. The molecule has 1 atom stereocenters. The lowest BCUT2D eigenvalue weighted by molar-refractivity contribution is 0.193. The van der Waals surface area contributed by atoms with Crippen molar-refractivity contribution in [3.63, 3.8) is 0 Å². The van der Waals surface area contributed by atoms with Gasteiger partial charge in [-0.3, -0.25) is 0 Å². The van der Waals surface area contributed by atoms with E-state index >= 15 is 0 Å². The zero-order valence-corrected chi connectivity index (χ0v) is 8.92. The molecule has 0 heterocycles. The Morgan fingerprint density at radius 2 is 2.15 bits per heavy atom. The van der Waals surface area contributed by atoms with Gasteiger partial charge in [-0.25, -0.2) is 0 Å².